The molecule has 11 heteroatoms. The van der Waals surface area contributed by atoms with Gasteiger partial charge in [0.15, 0.2) is 0 Å². The number of carbonyl (C=O) groups excluding carboxylic acids is 1. The van der Waals surface area contributed by atoms with Gasteiger partial charge in [0.1, 0.15) is 18.2 Å². The number of halogens is 1. The third-order valence-electron chi connectivity index (χ3n) is 7.11. The highest BCUT2D eigenvalue weighted by molar-refractivity contribution is 7.11. The summed E-state index contributed by atoms with van der Waals surface area (Å²) < 4.78 is 27.1. The van der Waals surface area contributed by atoms with Crippen LogP contribution < -0.4 is 21.3 Å². The zero-order valence-corrected chi connectivity index (χ0v) is 24.2. The second kappa shape index (κ2) is 12.6. The number of carbonyl (C=O) groups is 1. The van der Waals surface area contributed by atoms with Gasteiger partial charge >= 0.3 is 0 Å². The lowest BCUT2D eigenvalue weighted by atomic mass is 9.88. The summed E-state index contributed by atoms with van der Waals surface area (Å²) in [4.78, 5) is 31.6. The van der Waals surface area contributed by atoms with E-state index in [1.54, 1.807) is 43.5 Å². The molecule has 0 saturated heterocycles. The standard InChI is InChI=1S/C31H32FN5O4S/c1-4-26(38)37-11-10-34-21(18-37)16-24(33)30-28(22-7-6-20(32)15-25(22)41-13-12-40-3)31-23(9-14-42-31)29(35-30)19-5-8-27(39)36(2)17-19/h4-9,14-17,29,35H,1,10-13,18,33H2,2-3H3. The smallest absolute Gasteiger partial charge is 0.250 e. The fourth-order valence-corrected chi connectivity index (χ4v) is 6.05. The highest BCUT2D eigenvalue weighted by Gasteiger charge is 2.32. The Balaban J connectivity index is 1.67. The first-order chi connectivity index (χ1) is 20.3. The maximum atomic E-state index is 14.4. The lowest BCUT2D eigenvalue weighted by Crippen LogP contribution is -2.39. The molecule has 1 amide bonds. The van der Waals surface area contributed by atoms with E-state index >= 15 is 0 Å². The van der Waals surface area contributed by atoms with Crippen LogP contribution in [0.5, 0.6) is 5.75 Å². The number of aromatic nitrogens is 1. The van der Waals surface area contributed by atoms with E-state index in [0.29, 0.717) is 54.7 Å². The van der Waals surface area contributed by atoms with Crippen molar-refractivity contribution in [1.82, 2.24) is 14.8 Å². The first kappa shape index (κ1) is 29.0. The van der Waals surface area contributed by atoms with Gasteiger partial charge in [0.2, 0.25) is 11.5 Å². The van der Waals surface area contributed by atoms with Gasteiger partial charge in [-0.2, -0.15) is 0 Å². The molecule has 2 aliphatic rings. The van der Waals surface area contributed by atoms with E-state index < -0.39 is 5.82 Å². The zero-order valence-electron chi connectivity index (χ0n) is 23.4. The number of nitrogens with two attached hydrogens (primary N) is 1. The summed E-state index contributed by atoms with van der Waals surface area (Å²) in [6.45, 7) is 5.40. The summed E-state index contributed by atoms with van der Waals surface area (Å²) in [7, 11) is 3.28. The van der Waals surface area contributed by atoms with Crippen molar-refractivity contribution in [2.24, 2.45) is 17.8 Å². The van der Waals surface area contributed by atoms with E-state index in [2.05, 4.69) is 16.9 Å². The Morgan fingerprint density at radius 3 is 2.88 bits per heavy atom. The molecule has 5 rings (SSSR count). The molecule has 9 nitrogen and oxygen atoms in total. The summed E-state index contributed by atoms with van der Waals surface area (Å²) in [5, 5.41) is 5.59. The number of pyridine rings is 1. The van der Waals surface area contributed by atoms with Crippen LogP contribution in [-0.2, 0) is 16.6 Å². The average Bonchev–Trinajstić information content (AvgIpc) is 3.48. The summed E-state index contributed by atoms with van der Waals surface area (Å²) in [5.74, 6) is -0.252. The summed E-state index contributed by atoms with van der Waals surface area (Å²) >= 11 is 1.53. The molecule has 0 aliphatic carbocycles. The predicted octanol–water partition coefficient (Wildman–Crippen LogP) is 3.37. The Hall–Kier alpha value is -4.48. The van der Waals surface area contributed by atoms with Gasteiger partial charge in [0.25, 0.3) is 0 Å². The van der Waals surface area contributed by atoms with Crippen molar-refractivity contribution in [2.45, 2.75) is 6.04 Å². The van der Waals surface area contributed by atoms with Crippen molar-refractivity contribution >= 4 is 28.5 Å². The van der Waals surface area contributed by atoms with E-state index in [9.17, 15) is 14.0 Å². The number of aliphatic imine (C=N–C) groups is 1. The van der Waals surface area contributed by atoms with Crippen LogP contribution in [0, 0.1) is 5.82 Å². The van der Waals surface area contributed by atoms with E-state index in [0.717, 1.165) is 21.6 Å². The van der Waals surface area contributed by atoms with Gasteiger partial charge in [-0.05, 0) is 52.9 Å². The topological polar surface area (TPSA) is 111 Å². The third kappa shape index (κ3) is 5.93. The number of hydrogen-bond acceptors (Lipinski definition) is 8. The molecule has 218 valence electrons. The number of thiophene rings is 1. The monoisotopic (exact) mass is 589 g/mol. The lowest BCUT2D eigenvalue weighted by Gasteiger charge is -2.32. The summed E-state index contributed by atoms with van der Waals surface area (Å²) in [5.41, 5.74) is 11.6. The van der Waals surface area contributed by atoms with Gasteiger partial charge in [-0.15, -0.1) is 11.3 Å². The van der Waals surface area contributed by atoms with Crippen LogP contribution in [0.25, 0.3) is 5.57 Å². The maximum Gasteiger partial charge on any atom is 0.250 e. The molecule has 42 heavy (non-hydrogen) atoms. The van der Waals surface area contributed by atoms with Gasteiger partial charge in [0, 0.05) is 55.0 Å². The number of amides is 1. The van der Waals surface area contributed by atoms with Crippen molar-refractivity contribution in [3.8, 4) is 5.75 Å². The highest BCUT2D eigenvalue weighted by Crippen LogP contribution is 2.45. The first-order valence-corrected chi connectivity index (χ1v) is 14.3. The number of ether oxygens (including phenoxy) is 2. The minimum atomic E-state index is -0.432. The molecule has 0 bridgehead atoms. The van der Waals surface area contributed by atoms with Crippen molar-refractivity contribution < 1.29 is 18.7 Å². The quantitative estimate of drug-likeness (QED) is 0.293. The molecule has 1 aromatic carbocycles. The van der Waals surface area contributed by atoms with E-state index in [-0.39, 0.29) is 24.1 Å². The van der Waals surface area contributed by atoms with Gasteiger partial charge in [0.05, 0.1) is 42.8 Å². The van der Waals surface area contributed by atoms with Crippen LogP contribution in [-0.4, -0.2) is 61.0 Å². The molecule has 3 aromatic rings. The van der Waals surface area contributed by atoms with Crippen LogP contribution in [0.15, 0.2) is 87.9 Å². The minimum Gasteiger partial charge on any atom is -0.490 e. The number of nitrogens with one attached hydrogen (secondary N) is 1. The van der Waals surface area contributed by atoms with Gasteiger partial charge in [-0.25, -0.2) is 4.39 Å². The highest BCUT2D eigenvalue weighted by atomic mass is 32.1. The zero-order chi connectivity index (χ0) is 29.8. The normalized spacial score (nSPS) is 16.9. The fraction of sp³-hybridized carbons (Fsp3) is 0.258. The molecule has 3 N–H and O–H groups in total. The Kier molecular flexibility index (Phi) is 8.69. The van der Waals surface area contributed by atoms with Crippen LogP contribution >= 0.6 is 11.3 Å². The SMILES string of the molecule is C=CC(=O)N1CCN=C(C=C(N)C2=C(c3ccc(F)cc3OCCOC)c3sccc3C(c3ccc(=O)n(C)c3)N2)C1. The second-order valence-corrected chi connectivity index (χ2v) is 10.8. The number of nitrogens with zero attached hydrogens (tertiary/aromatic N) is 3. The molecule has 0 radical (unpaired) electrons. The number of benzene rings is 1. The van der Waals surface area contributed by atoms with Crippen molar-refractivity contribution in [2.75, 3.05) is 40.0 Å². The Morgan fingerprint density at radius 2 is 2.12 bits per heavy atom. The molecular formula is C31H32FN5O4S. The van der Waals surface area contributed by atoms with Crippen LogP contribution in [0.3, 0.4) is 0 Å². The number of methoxy groups -OCH3 is 1. The van der Waals surface area contributed by atoms with Crippen molar-refractivity contribution in [3.05, 3.63) is 116 Å². The molecule has 2 aromatic heterocycles. The van der Waals surface area contributed by atoms with Crippen LogP contribution in [0.2, 0.25) is 0 Å². The minimum absolute atomic E-state index is 0.117. The number of aryl methyl sites for hydroxylation is 1. The Bertz CT molecular complexity index is 1670. The third-order valence-corrected chi connectivity index (χ3v) is 8.05. The Morgan fingerprint density at radius 1 is 1.29 bits per heavy atom. The van der Waals surface area contributed by atoms with Gasteiger partial charge in [-0.1, -0.05) is 6.58 Å². The number of fused-ring (bicyclic) bond motifs is 1. The lowest BCUT2D eigenvalue weighted by molar-refractivity contribution is -0.125. The van der Waals surface area contributed by atoms with E-state index in [4.69, 9.17) is 15.2 Å². The van der Waals surface area contributed by atoms with Crippen LogP contribution in [0.1, 0.15) is 27.6 Å². The summed E-state index contributed by atoms with van der Waals surface area (Å²) in [6, 6.07) is 9.45. The molecule has 0 fully saturated rings. The largest absolute Gasteiger partial charge is 0.490 e. The van der Waals surface area contributed by atoms with Crippen LogP contribution in [0.4, 0.5) is 4.39 Å². The van der Waals surface area contributed by atoms with E-state index in [1.807, 2.05) is 11.4 Å². The van der Waals surface area contributed by atoms with Gasteiger partial charge in [-0.3, -0.25) is 14.6 Å². The van der Waals surface area contributed by atoms with E-state index in [1.165, 1.54) is 40.2 Å². The number of rotatable bonds is 9. The van der Waals surface area contributed by atoms with Crippen molar-refractivity contribution in [3.63, 3.8) is 0 Å². The maximum absolute atomic E-state index is 14.4. The predicted molar refractivity (Wildman–Crippen MR) is 162 cm³/mol. The molecule has 1 atom stereocenters. The average molecular weight is 590 g/mol. The number of hydrogen-bond donors (Lipinski definition) is 2. The molecule has 2 aliphatic heterocycles. The van der Waals surface area contributed by atoms with Gasteiger partial charge < -0.3 is 30.0 Å². The first-order valence-electron chi connectivity index (χ1n) is 13.4. The molecule has 4 heterocycles. The molecule has 0 saturated carbocycles. The second-order valence-electron chi connectivity index (χ2n) is 9.86. The molecule has 0 spiro atoms. The summed E-state index contributed by atoms with van der Waals surface area (Å²) in [6.07, 6.45) is 4.84. The fourth-order valence-electron chi connectivity index (χ4n) is 5.05. The molecule has 1 unspecified atom stereocenters. The molecular weight excluding hydrogens is 557 g/mol. The van der Waals surface area contributed by atoms with Crippen molar-refractivity contribution in [1.29, 1.82) is 0 Å². The Labute approximate surface area is 247 Å².